The van der Waals surface area contributed by atoms with Crippen LogP contribution in [0.4, 0.5) is 17.5 Å². The molecular weight excluding hydrogens is 304 g/mol. The van der Waals surface area contributed by atoms with E-state index in [1.54, 1.807) is 0 Å². The largest absolute Gasteiger partial charge is 0.454 e. The number of aromatic nitrogens is 2. The van der Waals surface area contributed by atoms with Crippen LogP contribution in [-0.4, -0.2) is 29.9 Å². The van der Waals surface area contributed by atoms with E-state index in [4.69, 9.17) is 14.5 Å². The molecule has 2 aliphatic rings. The zero-order valence-corrected chi connectivity index (χ0v) is 14.1. The number of benzene rings is 1. The van der Waals surface area contributed by atoms with Crippen LogP contribution in [0.15, 0.2) is 24.3 Å². The number of piperidine rings is 1. The Morgan fingerprint density at radius 3 is 2.92 bits per heavy atom. The molecule has 0 bridgehead atoms. The van der Waals surface area contributed by atoms with Crippen molar-refractivity contribution in [3.63, 3.8) is 0 Å². The van der Waals surface area contributed by atoms with Gasteiger partial charge < -0.3 is 19.7 Å². The van der Waals surface area contributed by atoms with E-state index in [0.29, 0.717) is 11.9 Å². The first-order valence-corrected chi connectivity index (χ1v) is 8.45. The summed E-state index contributed by atoms with van der Waals surface area (Å²) in [6, 6.07) is 7.81. The summed E-state index contributed by atoms with van der Waals surface area (Å²) in [5.74, 6) is 3.84. The number of hydrogen-bond donors (Lipinski definition) is 1. The normalized spacial score (nSPS) is 19.4. The third-order valence-corrected chi connectivity index (χ3v) is 4.45. The smallest absolute Gasteiger partial charge is 0.231 e. The van der Waals surface area contributed by atoms with Crippen molar-refractivity contribution in [1.82, 2.24) is 9.97 Å². The summed E-state index contributed by atoms with van der Waals surface area (Å²) >= 11 is 0. The van der Waals surface area contributed by atoms with Crippen LogP contribution in [-0.2, 0) is 0 Å². The molecule has 0 amide bonds. The van der Waals surface area contributed by atoms with Crippen LogP contribution in [0.1, 0.15) is 25.5 Å². The van der Waals surface area contributed by atoms with E-state index < -0.39 is 0 Å². The van der Waals surface area contributed by atoms with Gasteiger partial charge in [0.05, 0.1) is 0 Å². The van der Waals surface area contributed by atoms with Crippen LogP contribution in [0.2, 0.25) is 0 Å². The third kappa shape index (κ3) is 3.09. The average Bonchev–Trinajstić information content (AvgIpc) is 3.02. The van der Waals surface area contributed by atoms with E-state index in [1.165, 1.54) is 12.8 Å². The fourth-order valence-corrected chi connectivity index (χ4v) is 3.27. The van der Waals surface area contributed by atoms with Crippen molar-refractivity contribution in [3.8, 4) is 11.5 Å². The number of fused-ring (bicyclic) bond motifs is 1. The molecular formula is C18H22N4O2. The molecule has 1 saturated heterocycles. The Balaban J connectivity index is 1.57. The second-order valence-electron chi connectivity index (χ2n) is 6.58. The van der Waals surface area contributed by atoms with E-state index in [-0.39, 0.29) is 6.79 Å². The van der Waals surface area contributed by atoms with Gasteiger partial charge in [0.1, 0.15) is 5.82 Å². The molecule has 1 N–H and O–H groups in total. The van der Waals surface area contributed by atoms with Crippen molar-refractivity contribution in [2.45, 2.75) is 26.7 Å². The predicted molar refractivity (Wildman–Crippen MR) is 93.2 cm³/mol. The Bertz CT molecular complexity index is 750. The van der Waals surface area contributed by atoms with Crippen LogP contribution in [0.3, 0.4) is 0 Å². The number of nitrogens with zero attached hydrogens (tertiary/aromatic N) is 3. The standard InChI is InChI=1S/C18H22N4O2/c1-12-4-3-7-22(10-12)17-8-13(2)19-18(21-17)20-14-5-6-15-16(9-14)24-11-23-15/h5-6,8-9,12H,3-4,7,10-11H2,1-2H3,(H,19,20,21). The van der Waals surface area contributed by atoms with Gasteiger partial charge in [-0.1, -0.05) is 6.92 Å². The summed E-state index contributed by atoms with van der Waals surface area (Å²) in [6.45, 7) is 6.69. The summed E-state index contributed by atoms with van der Waals surface area (Å²) in [5.41, 5.74) is 1.85. The van der Waals surface area contributed by atoms with Crippen molar-refractivity contribution in [2.24, 2.45) is 5.92 Å². The maximum Gasteiger partial charge on any atom is 0.231 e. The zero-order chi connectivity index (χ0) is 16.5. The molecule has 0 aliphatic carbocycles. The highest BCUT2D eigenvalue weighted by Crippen LogP contribution is 2.35. The molecule has 0 radical (unpaired) electrons. The number of rotatable bonds is 3. The summed E-state index contributed by atoms with van der Waals surface area (Å²) < 4.78 is 10.8. The lowest BCUT2D eigenvalue weighted by Gasteiger charge is -2.32. The average molecular weight is 326 g/mol. The highest BCUT2D eigenvalue weighted by atomic mass is 16.7. The van der Waals surface area contributed by atoms with Crippen molar-refractivity contribution in [1.29, 1.82) is 0 Å². The fraction of sp³-hybridized carbons (Fsp3) is 0.444. The van der Waals surface area contributed by atoms with Crippen molar-refractivity contribution >= 4 is 17.5 Å². The van der Waals surface area contributed by atoms with Crippen LogP contribution >= 0.6 is 0 Å². The topological polar surface area (TPSA) is 59.5 Å². The maximum atomic E-state index is 5.42. The number of anilines is 3. The van der Waals surface area contributed by atoms with E-state index >= 15 is 0 Å². The van der Waals surface area contributed by atoms with Gasteiger partial charge >= 0.3 is 0 Å². The number of hydrogen-bond acceptors (Lipinski definition) is 6. The van der Waals surface area contributed by atoms with Crippen LogP contribution in [0.5, 0.6) is 11.5 Å². The number of nitrogens with one attached hydrogen (secondary N) is 1. The van der Waals surface area contributed by atoms with Gasteiger partial charge in [0.2, 0.25) is 12.7 Å². The Morgan fingerprint density at radius 2 is 2.04 bits per heavy atom. The van der Waals surface area contributed by atoms with Gasteiger partial charge in [0, 0.05) is 36.6 Å². The molecule has 1 fully saturated rings. The highest BCUT2D eigenvalue weighted by molar-refractivity contribution is 5.61. The molecule has 4 rings (SSSR count). The Labute approximate surface area is 141 Å². The summed E-state index contributed by atoms with van der Waals surface area (Å²) in [6.07, 6.45) is 2.51. The van der Waals surface area contributed by atoms with Crippen molar-refractivity contribution in [2.75, 3.05) is 30.1 Å². The lowest BCUT2D eigenvalue weighted by molar-refractivity contribution is 0.174. The van der Waals surface area contributed by atoms with Crippen LogP contribution in [0.25, 0.3) is 0 Å². The predicted octanol–water partition coefficient (Wildman–Crippen LogP) is 3.49. The lowest BCUT2D eigenvalue weighted by Crippen LogP contribution is -2.35. The monoisotopic (exact) mass is 326 g/mol. The van der Waals surface area contributed by atoms with Gasteiger partial charge in [-0.15, -0.1) is 0 Å². The SMILES string of the molecule is Cc1cc(N2CCCC(C)C2)nc(Nc2ccc3c(c2)OCO3)n1. The zero-order valence-electron chi connectivity index (χ0n) is 14.1. The quantitative estimate of drug-likeness (QED) is 0.931. The Morgan fingerprint density at radius 1 is 1.17 bits per heavy atom. The van der Waals surface area contributed by atoms with Crippen molar-refractivity contribution in [3.05, 3.63) is 30.0 Å². The third-order valence-electron chi connectivity index (χ3n) is 4.45. The highest BCUT2D eigenvalue weighted by Gasteiger charge is 2.19. The minimum absolute atomic E-state index is 0.275. The first kappa shape index (κ1) is 15.1. The van der Waals surface area contributed by atoms with Gasteiger partial charge in [0.15, 0.2) is 11.5 Å². The first-order chi connectivity index (χ1) is 11.7. The molecule has 24 heavy (non-hydrogen) atoms. The molecule has 1 aromatic heterocycles. The van der Waals surface area contributed by atoms with Gasteiger partial charge in [-0.2, -0.15) is 4.98 Å². The molecule has 1 unspecified atom stereocenters. The second kappa shape index (κ2) is 6.19. The molecule has 126 valence electrons. The minimum atomic E-state index is 0.275. The van der Waals surface area contributed by atoms with Gasteiger partial charge in [-0.3, -0.25) is 0 Å². The van der Waals surface area contributed by atoms with E-state index in [9.17, 15) is 0 Å². The molecule has 2 aliphatic heterocycles. The molecule has 1 atom stereocenters. The van der Waals surface area contributed by atoms with Crippen LogP contribution < -0.4 is 19.7 Å². The van der Waals surface area contributed by atoms with Crippen molar-refractivity contribution < 1.29 is 9.47 Å². The van der Waals surface area contributed by atoms with Gasteiger partial charge in [-0.05, 0) is 37.8 Å². The lowest BCUT2D eigenvalue weighted by atomic mass is 10.0. The summed E-state index contributed by atoms with van der Waals surface area (Å²) in [4.78, 5) is 11.6. The van der Waals surface area contributed by atoms with Crippen LogP contribution in [0, 0.1) is 12.8 Å². The summed E-state index contributed by atoms with van der Waals surface area (Å²) in [5, 5.41) is 3.28. The fourth-order valence-electron chi connectivity index (χ4n) is 3.27. The Hall–Kier alpha value is -2.50. The second-order valence-corrected chi connectivity index (χ2v) is 6.58. The molecule has 6 nitrogen and oxygen atoms in total. The molecule has 0 spiro atoms. The van der Waals surface area contributed by atoms with Gasteiger partial charge in [0.25, 0.3) is 0 Å². The van der Waals surface area contributed by atoms with E-state index in [1.807, 2.05) is 25.1 Å². The molecule has 1 aromatic carbocycles. The molecule has 2 aromatic rings. The number of aryl methyl sites for hydroxylation is 1. The number of ether oxygens (including phenoxy) is 2. The minimum Gasteiger partial charge on any atom is -0.454 e. The van der Waals surface area contributed by atoms with E-state index in [0.717, 1.165) is 41.8 Å². The molecule has 3 heterocycles. The molecule has 0 saturated carbocycles. The van der Waals surface area contributed by atoms with Gasteiger partial charge in [-0.25, -0.2) is 4.98 Å². The summed E-state index contributed by atoms with van der Waals surface area (Å²) in [7, 11) is 0. The van der Waals surface area contributed by atoms with E-state index in [2.05, 4.69) is 28.2 Å². The maximum absolute atomic E-state index is 5.42. The first-order valence-electron chi connectivity index (χ1n) is 8.45. The molecule has 6 heteroatoms. The Kier molecular flexibility index (Phi) is 3.88.